The van der Waals surface area contributed by atoms with Gasteiger partial charge in [0, 0.05) is 11.1 Å². The Hall–Kier alpha value is -2.06. The van der Waals surface area contributed by atoms with Gasteiger partial charge in [-0.2, -0.15) is 0 Å². The molecule has 2 rings (SSSR count). The van der Waals surface area contributed by atoms with Gasteiger partial charge in [0.15, 0.2) is 5.13 Å². The highest BCUT2D eigenvalue weighted by Crippen LogP contribution is 2.19. The van der Waals surface area contributed by atoms with Crippen LogP contribution in [0.5, 0.6) is 0 Å². The van der Waals surface area contributed by atoms with E-state index < -0.39 is 12.1 Å². The van der Waals surface area contributed by atoms with Crippen molar-refractivity contribution in [1.82, 2.24) is 4.98 Å². The number of hydrogen-bond donors (Lipinski definition) is 2. The molecule has 22 heavy (non-hydrogen) atoms. The maximum Gasteiger partial charge on any atom is 0.413 e. The number of benzene rings is 1. The average molecular weight is 338 g/mol. The predicted octanol–water partition coefficient (Wildman–Crippen LogP) is 3.21. The number of nitrogens with zero attached hydrogens (tertiary/aromatic N) is 1. The minimum absolute atomic E-state index is 0.0272. The van der Waals surface area contributed by atoms with Crippen LogP contribution in [0.3, 0.4) is 0 Å². The Labute approximate surface area is 135 Å². The smallest absolute Gasteiger partial charge is 0.413 e. The highest BCUT2D eigenvalue weighted by Gasteiger charge is 2.08. The average Bonchev–Trinajstić information content (AvgIpc) is 2.93. The summed E-state index contributed by atoms with van der Waals surface area (Å²) in [5, 5.41) is 13.3. The lowest BCUT2D eigenvalue weighted by Crippen LogP contribution is -2.13. The second-order valence-corrected chi connectivity index (χ2v) is 6.06. The number of carboxylic acid groups (broad SMARTS) is 1. The quantitative estimate of drug-likeness (QED) is 0.806. The van der Waals surface area contributed by atoms with Crippen LogP contribution >= 0.6 is 23.1 Å². The number of carbonyl (C=O) groups is 2. The summed E-state index contributed by atoms with van der Waals surface area (Å²) in [5.41, 5.74) is 1.64. The van der Waals surface area contributed by atoms with Crippen LogP contribution in [-0.2, 0) is 21.9 Å². The second kappa shape index (κ2) is 8.40. The van der Waals surface area contributed by atoms with Gasteiger partial charge < -0.3 is 9.84 Å². The molecular weight excluding hydrogens is 324 g/mol. The van der Waals surface area contributed by atoms with Crippen molar-refractivity contribution in [2.24, 2.45) is 0 Å². The molecule has 1 heterocycles. The Bertz CT molecular complexity index is 631. The minimum atomic E-state index is -0.858. The molecule has 0 radical (unpaired) electrons. The summed E-state index contributed by atoms with van der Waals surface area (Å²) >= 11 is 2.53. The largest absolute Gasteiger partial charge is 0.481 e. The molecular formula is C14H14N2O4S2. The fraction of sp³-hybridized carbons (Fsp3) is 0.214. The summed E-state index contributed by atoms with van der Waals surface area (Å²) in [5.74, 6) is -0.341. The van der Waals surface area contributed by atoms with Crippen molar-refractivity contribution < 1.29 is 19.4 Å². The Balaban J connectivity index is 1.75. The second-order valence-electron chi connectivity index (χ2n) is 4.22. The van der Waals surface area contributed by atoms with Crippen LogP contribution in [0.25, 0.3) is 0 Å². The number of hydrogen-bond acceptors (Lipinski definition) is 6. The maximum atomic E-state index is 11.6. The van der Waals surface area contributed by atoms with Gasteiger partial charge in [-0.3, -0.25) is 10.1 Å². The van der Waals surface area contributed by atoms with Gasteiger partial charge in [0.05, 0.1) is 11.4 Å². The first-order valence-electron chi connectivity index (χ1n) is 6.35. The van der Waals surface area contributed by atoms with Crippen molar-refractivity contribution >= 4 is 40.3 Å². The lowest BCUT2D eigenvalue weighted by Gasteiger charge is -2.04. The molecule has 1 aromatic carbocycles. The van der Waals surface area contributed by atoms with E-state index in [4.69, 9.17) is 9.84 Å². The first-order valence-corrected chi connectivity index (χ1v) is 8.38. The standard InChI is InChI=1S/C14H14N2O4S2/c17-12(18)9-21-7-11-8-22-13(15-11)16-14(19)20-6-10-4-2-1-3-5-10/h1-5,8H,6-7,9H2,(H,17,18)(H,15,16,19). The number of thiazole rings is 1. The fourth-order valence-electron chi connectivity index (χ4n) is 1.52. The molecule has 1 amide bonds. The number of aliphatic carboxylic acids is 1. The summed E-state index contributed by atoms with van der Waals surface area (Å²) in [6, 6.07) is 9.38. The van der Waals surface area contributed by atoms with Crippen molar-refractivity contribution in [3.63, 3.8) is 0 Å². The van der Waals surface area contributed by atoms with E-state index in [1.165, 1.54) is 23.1 Å². The number of carboxylic acids is 1. The maximum absolute atomic E-state index is 11.6. The van der Waals surface area contributed by atoms with Gasteiger partial charge >= 0.3 is 12.1 Å². The molecule has 0 aliphatic carbocycles. The third-order valence-electron chi connectivity index (χ3n) is 2.45. The fourth-order valence-corrected chi connectivity index (χ4v) is 2.96. The van der Waals surface area contributed by atoms with Crippen LogP contribution in [0.15, 0.2) is 35.7 Å². The molecule has 1 aromatic heterocycles. The zero-order valence-corrected chi connectivity index (χ0v) is 13.2. The molecule has 0 saturated heterocycles. The molecule has 2 aromatic rings. The molecule has 0 saturated carbocycles. The van der Waals surface area contributed by atoms with E-state index in [9.17, 15) is 9.59 Å². The number of thioether (sulfide) groups is 1. The van der Waals surface area contributed by atoms with Crippen LogP contribution in [0, 0.1) is 0 Å². The molecule has 0 unspecified atom stereocenters. The first-order chi connectivity index (χ1) is 10.6. The van der Waals surface area contributed by atoms with E-state index >= 15 is 0 Å². The summed E-state index contributed by atoms with van der Waals surface area (Å²) in [7, 11) is 0. The molecule has 0 aliphatic rings. The monoisotopic (exact) mass is 338 g/mol. The van der Waals surface area contributed by atoms with E-state index in [1.807, 2.05) is 30.3 Å². The van der Waals surface area contributed by atoms with Crippen LogP contribution in [0.4, 0.5) is 9.93 Å². The third-order valence-corrected chi connectivity index (χ3v) is 4.21. The summed E-state index contributed by atoms with van der Waals surface area (Å²) in [6.07, 6.45) is -0.567. The van der Waals surface area contributed by atoms with Gasteiger partial charge in [-0.1, -0.05) is 30.3 Å². The molecule has 116 valence electrons. The van der Waals surface area contributed by atoms with Crippen LogP contribution < -0.4 is 5.32 Å². The highest BCUT2D eigenvalue weighted by atomic mass is 32.2. The van der Waals surface area contributed by atoms with E-state index in [-0.39, 0.29) is 12.4 Å². The normalized spacial score (nSPS) is 10.2. The van der Waals surface area contributed by atoms with E-state index in [0.717, 1.165) is 11.3 Å². The Morgan fingerprint density at radius 1 is 1.32 bits per heavy atom. The molecule has 0 fully saturated rings. The number of aromatic nitrogens is 1. The summed E-state index contributed by atoms with van der Waals surface area (Å²) in [4.78, 5) is 26.3. The predicted molar refractivity (Wildman–Crippen MR) is 86.2 cm³/mol. The molecule has 6 nitrogen and oxygen atoms in total. The lowest BCUT2D eigenvalue weighted by atomic mass is 10.2. The van der Waals surface area contributed by atoms with Crippen LogP contribution in [0.1, 0.15) is 11.3 Å². The van der Waals surface area contributed by atoms with E-state index in [1.54, 1.807) is 5.38 Å². The van der Waals surface area contributed by atoms with Gasteiger partial charge in [-0.05, 0) is 5.56 Å². The Kier molecular flexibility index (Phi) is 6.23. The SMILES string of the molecule is O=C(O)CSCc1csc(NC(=O)OCc2ccccc2)n1. The van der Waals surface area contributed by atoms with Gasteiger partial charge in [-0.25, -0.2) is 9.78 Å². The van der Waals surface area contributed by atoms with E-state index in [2.05, 4.69) is 10.3 Å². The number of nitrogens with one attached hydrogen (secondary N) is 1. The zero-order chi connectivity index (χ0) is 15.8. The number of rotatable bonds is 7. The van der Waals surface area contributed by atoms with Gasteiger partial charge in [-0.15, -0.1) is 23.1 Å². The van der Waals surface area contributed by atoms with Gasteiger partial charge in [0.1, 0.15) is 6.61 Å². The molecule has 8 heteroatoms. The molecule has 0 bridgehead atoms. The van der Waals surface area contributed by atoms with Crippen molar-refractivity contribution in [3.8, 4) is 0 Å². The highest BCUT2D eigenvalue weighted by molar-refractivity contribution is 7.99. The summed E-state index contributed by atoms with van der Waals surface area (Å²) < 4.78 is 5.09. The lowest BCUT2D eigenvalue weighted by molar-refractivity contribution is -0.133. The van der Waals surface area contributed by atoms with E-state index in [0.29, 0.717) is 10.9 Å². The first kappa shape index (κ1) is 16.3. The molecule has 2 N–H and O–H groups in total. The van der Waals surface area contributed by atoms with Crippen LogP contribution in [-0.4, -0.2) is 27.9 Å². The molecule has 0 atom stereocenters. The van der Waals surface area contributed by atoms with Gasteiger partial charge in [0.25, 0.3) is 0 Å². The number of anilines is 1. The van der Waals surface area contributed by atoms with Crippen molar-refractivity contribution in [2.75, 3.05) is 11.1 Å². The third kappa shape index (κ3) is 5.74. The topological polar surface area (TPSA) is 88.5 Å². The molecule has 0 aliphatic heterocycles. The van der Waals surface area contributed by atoms with Crippen LogP contribution in [0.2, 0.25) is 0 Å². The number of ether oxygens (including phenoxy) is 1. The molecule has 0 spiro atoms. The number of carbonyl (C=O) groups excluding carboxylic acids is 1. The van der Waals surface area contributed by atoms with Crippen molar-refractivity contribution in [2.45, 2.75) is 12.4 Å². The zero-order valence-electron chi connectivity index (χ0n) is 11.5. The number of amides is 1. The Morgan fingerprint density at radius 2 is 2.09 bits per heavy atom. The van der Waals surface area contributed by atoms with Crippen molar-refractivity contribution in [3.05, 3.63) is 47.0 Å². The minimum Gasteiger partial charge on any atom is -0.481 e. The van der Waals surface area contributed by atoms with Crippen molar-refractivity contribution in [1.29, 1.82) is 0 Å². The van der Waals surface area contributed by atoms with Gasteiger partial charge in [0.2, 0.25) is 0 Å². The summed E-state index contributed by atoms with van der Waals surface area (Å²) in [6.45, 7) is 0.194. The Morgan fingerprint density at radius 3 is 2.82 bits per heavy atom.